The van der Waals surface area contributed by atoms with E-state index < -0.39 is 0 Å². The molecule has 0 saturated carbocycles. The van der Waals surface area contributed by atoms with Crippen LogP contribution in [0.15, 0.2) is 0 Å². The molecule has 1 heterocycles. The maximum Gasteiger partial charge on any atom is 0.172 e. The summed E-state index contributed by atoms with van der Waals surface area (Å²) < 4.78 is 0. The van der Waals surface area contributed by atoms with Crippen LogP contribution in [0.25, 0.3) is 0 Å². The first-order valence-electron chi connectivity index (χ1n) is 3.75. The summed E-state index contributed by atoms with van der Waals surface area (Å²) in [6, 6.07) is 0. The van der Waals surface area contributed by atoms with Crippen LogP contribution >= 0.6 is 11.6 Å². The molecule has 0 atom stereocenters. The zero-order chi connectivity index (χ0) is 10.0. The average Bonchev–Trinajstić information content (AvgIpc) is 2.07. The molecule has 1 rings (SSSR count). The summed E-state index contributed by atoms with van der Waals surface area (Å²) in [5.41, 5.74) is 11.5. The first-order chi connectivity index (χ1) is 6.06. The number of hydrogen-bond acceptors (Lipinski definition) is 5. The number of nitrogen functional groups attached to an aromatic ring is 1. The van der Waals surface area contributed by atoms with Crippen LogP contribution in [0.5, 0.6) is 0 Å². The van der Waals surface area contributed by atoms with Crippen molar-refractivity contribution in [1.29, 1.82) is 0 Å². The zero-order valence-corrected chi connectivity index (χ0v) is 8.34. The molecule has 6 heteroatoms. The Balaban J connectivity index is 3.20. The summed E-state index contributed by atoms with van der Waals surface area (Å²) in [5, 5.41) is 0.319. The standard InChI is InChI=1S/C7H12ClN5/c1-13(2)7-5(8)11-4(3-9)6(10)12-7/h3,9H2,1-2H3,(H2,10,12). The third-order valence-corrected chi connectivity index (χ3v) is 1.81. The molecule has 0 unspecified atom stereocenters. The molecule has 0 bridgehead atoms. The third-order valence-electron chi connectivity index (χ3n) is 1.56. The van der Waals surface area contributed by atoms with Gasteiger partial charge in [-0.1, -0.05) is 11.6 Å². The van der Waals surface area contributed by atoms with Gasteiger partial charge < -0.3 is 16.4 Å². The van der Waals surface area contributed by atoms with Crippen molar-refractivity contribution < 1.29 is 0 Å². The second-order valence-electron chi connectivity index (χ2n) is 2.77. The SMILES string of the molecule is CN(C)c1nc(N)c(CN)nc1Cl. The molecule has 4 N–H and O–H groups in total. The normalized spacial score (nSPS) is 10.2. The van der Waals surface area contributed by atoms with Crippen LogP contribution in [0, 0.1) is 0 Å². The van der Waals surface area contributed by atoms with Gasteiger partial charge in [-0.05, 0) is 0 Å². The minimum Gasteiger partial charge on any atom is -0.382 e. The highest BCUT2D eigenvalue weighted by molar-refractivity contribution is 6.31. The fourth-order valence-electron chi connectivity index (χ4n) is 0.885. The Labute approximate surface area is 81.7 Å². The van der Waals surface area contributed by atoms with E-state index in [9.17, 15) is 0 Å². The van der Waals surface area contributed by atoms with Gasteiger partial charge in [-0.15, -0.1) is 0 Å². The van der Waals surface area contributed by atoms with Crippen molar-refractivity contribution in [2.75, 3.05) is 24.7 Å². The van der Waals surface area contributed by atoms with Crippen LogP contribution in [0.1, 0.15) is 5.69 Å². The maximum absolute atomic E-state index is 5.85. The molecule has 0 amide bonds. The van der Waals surface area contributed by atoms with E-state index in [1.807, 2.05) is 14.1 Å². The van der Waals surface area contributed by atoms with E-state index in [1.165, 1.54) is 0 Å². The number of halogens is 1. The molecular weight excluding hydrogens is 190 g/mol. The Morgan fingerprint density at radius 3 is 2.46 bits per heavy atom. The highest BCUT2D eigenvalue weighted by Crippen LogP contribution is 2.21. The summed E-state index contributed by atoms with van der Waals surface area (Å²) >= 11 is 5.85. The van der Waals surface area contributed by atoms with Gasteiger partial charge in [-0.25, -0.2) is 9.97 Å². The Morgan fingerprint density at radius 2 is 2.00 bits per heavy atom. The topological polar surface area (TPSA) is 81.1 Å². The predicted molar refractivity (Wildman–Crippen MR) is 53.7 cm³/mol. The minimum atomic E-state index is 0.242. The molecule has 13 heavy (non-hydrogen) atoms. The number of anilines is 2. The minimum absolute atomic E-state index is 0.242. The average molecular weight is 202 g/mol. The quantitative estimate of drug-likeness (QED) is 0.717. The predicted octanol–water partition coefficient (Wildman–Crippen LogP) is 0.237. The van der Waals surface area contributed by atoms with Crippen LogP contribution < -0.4 is 16.4 Å². The third kappa shape index (κ3) is 1.99. The van der Waals surface area contributed by atoms with E-state index in [0.717, 1.165) is 0 Å². The molecule has 0 saturated heterocycles. The second-order valence-corrected chi connectivity index (χ2v) is 3.13. The van der Waals surface area contributed by atoms with Gasteiger partial charge in [0.1, 0.15) is 5.82 Å². The Hall–Kier alpha value is -1.07. The number of aromatic nitrogens is 2. The maximum atomic E-state index is 5.85. The number of rotatable bonds is 2. The van der Waals surface area contributed by atoms with E-state index in [4.69, 9.17) is 23.1 Å². The van der Waals surface area contributed by atoms with Gasteiger partial charge in [0, 0.05) is 20.6 Å². The number of nitrogens with two attached hydrogens (primary N) is 2. The first kappa shape index (κ1) is 10.0. The Morgan fingerprint density at radius 1 is 1.38 bits per heavy atom. The van der Waals surface area contributed by atoms with Crippen LogP contribution in [-0.2, 0) is 6.54 Å². The largest absolute Gasteiger partial charge is 0.382 e. The van der Waals surface area contributed by atoms with E-state index in [2.05, 4.69) is 9.97 Å². The fourth-order valence-corrected chi connectivity index (χ4v) is 1.20. The van der Waals surface area contributed by atoms with E-state index >= 15 is 0 Å². The van der Waals surface area contributed by atoms with Gasteiger partial charge in [0.2, 0.25) is 0 Å². The molecule has 1 aromatic rings. The summed E-state index contributed by atoms with van der Waals surface area (Å²) in [7, 11) is 3.63. The van der Waals surface area contributed by atoms with Crippen molar-refractivity contribution in [3.63, 3.8) is 0 Å². The summed E-state index contributed by atoms with van der Waals surface area (Å²) in [6.45, 7) is 0.242. The van der Waals surface area contributed by atoms with Gasteiger partial charge in [-0.3, -0.25) is 0 Å². The van der Waals surface area contributed by atoms with Crippen LogP contribution in [-0.4, -0.2) is 24.1 Å². The van der Waals surface area contributed by atoms with Gasteiger partial charge in [-0.2, -0.15) is 0 Å². The Kier molecular flexibility index (Phi) is 2.90. The molecule has 0 aliphatic rings. The van der Waals surface area contributed by atoms with Gasteiger partial charge in [0.15, 0.2) is 11.0 Å². The van der Waals surface area contributed by atoms with Gasteiger partial charge in [0.25, 0.3) is 0 Å². The summed E-state index contributed by atoms with van der Waals surface area (Å²) in [6.07, 6.45) is 0. The highest BCUT2D eigenvalue weighted by Gasteiger charge is 2.10. The van der Waals surface area contributed by atoms with Crippen LogP contribution in [0.2, 0.25) is 5.15 Å². The molecule has 72 valence electrons. The lowest BCUT2D eigenvalue weighted by atomic mass is 10.4. The monoisotopic (exact) mass is 201 g/mol. The van der Waals surface area contributed by atoms with Crippen molar-refractivity contribution >= 4 is 23.2 Å². The van der Waals surface area contributed by atoms with E-state index in [0.29, 0.717) is 22.5 Å². The molecule has 0 aliphatic heterocycles. The molecule has 5 nitrogen and oxygen atoms in total. The molecule has 0 radical (unpaired) electrons. The lowest BCUT2D eigenvalue weighted by Crippen LogP contribution is -2.15. The summed E-state index contributed by atoms with van der Waals surface area (Å²) in [5.74, 6) is 0.881. The van der Waals surface area contributed by atoms with E-state index in [-0.39, 0.29) is 6.54 Å². The zero-order valence-electron chi connectivity index (χ0n) is 7.58. The van der Waals surface area contributed by atoms with Crippen molar-refractivity contribution in [1.82, 2.24) is 9.97 Å². The molecule has 0 aliphatic carbocycles. The second kappa shape index (κ2) is 3.76. The van der Waals surface area contributed by atoms with Crippen molar-refractivity contribution in [2.24, 2.45) is 5.73 Å². The lowest BCUT2D eigenvalue weighted by molar-refractivity contribution is 0.952. The number of nitrogens with zero attached hydrogens (tertiary/aromatic N) is 3. The summed E-state index contributed by atoms with van der Waals surface area (Å²) in [4.78, 5) is 9.84. The molecular formula is C7H12ClN5. The molecule has 0 fully saturated rings. The van der Waals surface area contributed by atoms with Gasteiger partial charge >= 0.3 is 0 Å². The van der Waals surface area contributed by atoms with Crippen LogP contribution in [0.3, 0.4) is 0 Å². The smallest absolute Gasteiger partial charge is 0.172 e. The Bertz CT molecular complexity index is 312. The van der Waals surface area contributed by atoms with Gasteiger partial charge in [0.05, 0.1) is 5.69 Å². The van der Waals surface area contributed by atoms with Crippen LogP contribution in [0.4, 0.5) is 11.6 Å². The van der Waals surface area contributed by atoms with E-state index in [1.54, 1.807) is 4.90 Å². The lowest BCUT2D eigenvalue weighted by Gasteiger charge is -2.13. The highest BCUT2D eigenvalue weighted by atomic mass is 35.5. The van der Waals surface area contributed by atoms with Crippen molar-refractivity contribution in [2.45, 2.75) is 6.54 Å². The molecule has 0 aromatic carbocycles. The van der Waals surface area contributed by atoms with Crippen molar-refractivity contribution in [3.05, 3.63) is 10.8 Å². The fraction of sp³-hybridized carbons (Fsp3) is 0.429. The first-order valence-corrected chi connectivity index (χ1v) is 4.13. The van der Waals surface area contributed by atoms with Crippen molar-refractivity contribution in [3.8, 4) is 0 Å². The molecule has 1 aromatic heterocycles. The number of hydrogen-bond donors (Lipinski definition) is 2. The molecule has 0 spiro atoms.